The van der Waals surface area contributed by atoms with Gasteiger partial charge in [0, 0.05) is 24.8 Å². The summed E-state index contributed by atoms with van der Waals surface area (Å²) in [4.78, 5) is 35.5. The van der Waals surface area contributed by atoms with Gasteiger partial charge in [0.2, 0.25) is 0 Å². The number of halogens is 2. The van der Waals surface area contributed by atoms with E-state index in [-0.39, 0.29) is 24.4 Å². The quantitative estimate of drug-likeness (QED) is 0.0842. The fourth-order valence-corrected chi connectivity index (χ4v) is 9.57. The molecule has 3 aliphatic rings. The van der Waals surface area contributed by atoms with E-state index in [4.69, 9.17) is 61.0 Å². The van der Waals surface area contributed by atoms with Crippen molar-refractivity contribution < 1.29 is 64.6 Å². The van der Waals surface area contributed by atoms with Crippen molar-refractivity contribution in [1.82, 2.24) is 4.90 Å². The molecule has 0 saturated heterocycles. The van der Waals surface area contributed by atoms with Crippen molar-refractivity contribution in [3.63, 3.8) is 0 Å². The summed E-state index contributed by atoms with van der Waals surface area (Å²) in [5, 5.41) is 10.5. The second-order valence-electron chi connectivity index (χ2n) is 13.3. The Morgan fingerprint density at radius 1 is 0.961 bits per heavy atom. The van der Waals surface area contributed by atoms with Gasteiger partial charge in [-0.25, -0.2) is 9.36 Å². The highest BCUT2D eigenvalue weighted by Crippen LogP contribution is 2.61. The van der Waals surface area contributed by atoms with Crippen LogP contribution in [0.2, 0.25) is 0 Å². The Bertz CT molecular complexity index is 1490. The Labute approximate surface area is 310 Å². The highest BCUT2D eigenvalue weighted by molar-refractivity contribution is 7.87. The predicted octanol–water partition coefficient (Wildman–Crippen LogP) is 5.28. The molecule has 0 bridgehead atoms. The largest absolute Gasteiger partial charge is 0.466 e. The van der Waals surface area contributed by atoms with E-state index in [2.05, 4.69) is 13.0 Å². The van der Waals surface area contributed by atoms with E-state index in [0.717, 1.165) is 38.5 Å². The summed E-state index contributed by atoms with van der Waals surface area (Å²) < 4.78 is 80.8. The highest BCUT2D eigenvalue weighted by Gasteiger charge is 2.54. The zero-order valence-electron chi connectivity index (χ0n) is 29.0. The Balaban J connectivity index is 0.000000349. The van der Waals surface area contributed by atoms with Crippen LogP contribution in [0.15, 0.2) is 18.2 Å². The zero-order valence-corrected chi connectivity index (χ0v) is 33.1. The summed E-state index contributed by atoms with van der Waals surface area (Å²) >= 11 is 11.6. The number of amides is 1. The van der Waals surface area contributed by atoms with Gasteiger partial charge in [-0.15, -0.1) is 23.2 Å². The first kappa shape index (κ1) is 46.1. The highest BCUT2D eigenvalue weighted by atomic mass is 35.5. The number of nitrogens with zero attached hydrogens (tertiary/aromatic N) is 1. The average molecular weight is 829 g/mol. The molecule has 2 unspecified atom stereocenters. The molecule has 2 saturated carbocycles. The second kappa shape index (κ2) is 20.0. The topological polar surface area (TPSA) is 245 Å². The van der Waals surface area contributed by atoms with Gasteiger partial charge in [-0.1, -0.05) is 39.7 Å². The molecule has 6 N–H and O–H groups in total. The molecule has 0 radical (unpaired) electrons. The molecule has 1 amide bonds. The number of carbonyl (C=O) groups is 1. The van der Waals surface area contributed by atoms with Gasteiger partial charge >= 0.3 is 13.9 Å². The summed E-state index contributed by atoms with van der Waals surface area (Å²) in [6, 6.07) is 6.13. The smallest absolute Gasteiger partial charge is 0.410 e. The Kier molecular flexibility index (Phi) is 18.1. The molecule has 15 nitrogen and oxygen atoms in total. The van der Waals surface area contributed by atoms with E-state index in [1.54, 1.807) is 18.7 Å². The third kappa shape index (κ3) is 13.9. The van der Waals surface area contributed by atoms with E-state index >= 15 is 0 Å². The first-order valence-corrected chi connectivity index (χ1v) is 22.5. The minimum absolute atomic E-state index is 0.0471. The molecule has 1 aromatic carbocycles. The van der Waals surface area contributed by atoms with Crippen LogP contribution in [0.25, 0.3) is 0 Å². The Morgan fingerprint density at radius 3 is 1.96 bits per heavy atom. The lowest BCUT2D eigenvalue weighted by Crippen LogP contribution is -2.43. The molecular formula is C31H52Cl2NO14PS2. The van der Waals surface area contributed by atoms with Crippen LogP contribution in [0, 0.1) is 17.3 Å². The lowest BCUT2D eigenvalue weighted by Gasteiger charge is -2.50. The molecule has 0 spiro atoms. The van der Waals surface area contributed by atoms with Crippen molar-refractivity contribution in [2.75, 3.05) is 24.8 Å². The van der Waals surface area contributed by atoms with Crippen LogP contribution in [0.5, 0.6) is 5.75 Å². The predicted molar refractivity (Wildman–Crippen MR) is 192 cm³/mol. The second-order valence-corrected chi connectivity index (χ2v) is 18.2. The van der Waals surface area contributed by atoms with Crippen molar-refractivity contribution in [3.8, 4) is 5.75 Å². The molecule has 0 aliphatic heterocycles. The van der Waals surface area contributed by atoms with Gasteiger partial charge in [0.25, 0.3) is 20.2 Å². The Morgan fingerprint density at radius 2 is 1.49 bits per heavy atom. The number of rotatable bonds is 13. The third-order valence-corrected chi connectivity index (χ3v) is 12.2. The van der Waals surface area contributed by atoms with Gasteiger partial charge in [-0.3, -0.25) is 9.11 Å². The van der Waals surface area contributed by atoms with Crippen LogP contribution in [-0.2, 0) is 36.0 Å². The monoisotopic (exact) mass is 827 g/mol. The molecular weight excluding hydrogens is 776 g/mol. The van der Waals surface area contributed by atoms with Gasteiger partial charge in [-0.2, -0.15) is 16.8 Å². The summed E-state index contributed by atoms with van der Waals surface area (Å²) in [5.74, 6) is 3.16. The number of aliphatic hydroxyl groups is 1. The van der Waals surface area contributed by atoms with Gasteiger partial charge in [0.15, 0.2) is 10.9 Å². The Hall–Kier alpha value is -1.08. The van der Waals surface area contributed by atoms with E-state index in [0.29, 0.717) is 61.2 Å². The van der Waals surface area contributed by atoms with Crippen molar-refractivity contribution in [2.24, 2.45) is 17.3 Å². The van der Waals surface area contributed by atoms with Crippen LogP contribution in [0.1, 0.15) is 95.6 Å². The summed E-state index contributed by atoms with van der Waals surface area (Å²) in [7, 11) is -13.6. The number of aryl methyl sites for hydroxylation is 1. The SMILES string of the molecule is CCCC(OC(CCC)S(=O)(=O)O)S(=O)(=O)O.C[C@]12CC[C@@H]3c4ccc(OC(=O)N(CCCl)CCCl)cc4CC[C@H]3[C@@H]1CC[C@@H]2O.O=P(O)(O)O. The van der Waals surface area contributed by atoms with Crippen LogP contribution in [0.3, 0.4) is 0 Å². The number of phosphoric acid groups is 1. The van der Waals surface area contributed by atoms with Crippen molar-refractivity contribution >= 4 is 57.4 Å². The van der Waals surface area contributed by atoms with Gasteiger partial charge < -0.3 is 34.2 Å². The number of ether oxygens (including phenoxy) is 2. The first-order valence-electron chi connectivity index (χ1n) is 16.9. The lowest BCUT2D eigenvalue weighted by molar-refractivity contribution is -0.0226. The molecule has 20 heteroatoms. The zero-order chi connectivity index (χ0) is 38.8. The third-order valence-electron chi connectivity index (χ3n) is 9.84. The van der Waals surface area contributed by atoms with Crippen molar-refractivity contribution in [2.45, 2.75) is 108 Å². The molecule has 296 valence electrons. The molecule has 0 heterocycles. The normalized spacial score (nSPS) is 25.4. The van der Waals surface area contributed by atoms with Gasteiger partial charge in [0.05, 0.1) is 6.10 Å². The minimum Gasteiger partial charge on any atom is -0.410 e. The molecule has 0 aromatic heterocycles. The van der Waals surface area contributed by atoms with Crippen molar-refractivity contribution in [3.05, 3.63) is 29.3 Å². The summed E-state index contributed by atoms with van der Waals surface area (Å²) in [5.41, 5.74) is -0.442. The standard InChI is InChI=1S/C23H31Cl2NO3.C8H18O7S2.H3O4P/c1-23-9-8-18-17-5-3-16(29-22(28)26(12-10-24)13-11-25)14-15(17)2-4-19(18)20(23)6-7-21(23)27;1-3-5-7(16(9,10)11)15-8(6-4-2)17(12,13)14;1-5(2,3)4/h3,5,14,18-21,27H,2,4,6-13H2,1H3;7-8H,3-6H2,1-2H3,(H,9,10,11)(H,12,13,14);(H3,1,2,3,4)/t18-,19-,20+,21+,23+;;/m1../s1. The maximum atomic E-state index is 12.4. The minimum atomic E-state index is -4.64. The van der Waals surface area contributed by atoms with Crippen LogP contribution >= 0.6 is 31.0 Å². The molecule has 3 aliphatic carbocycles. The first-order chi connectivity index (χ1) is 23.6. The van der Waals surface area contributed by atoms with Crippen LogP contribution in [0.4, 0.5) is 4.79 Å². The fraction of sp³-hybridized carbons (Fsp3) is 0.774. The maximum absolute atomic E-state index is 12.4. The molecule has 51 heavy (non-hydrogen) atoms. The molecule has 7 atom stereocenters. The van der Waals surface area contributed by atoms with Gasteiger partial charge in [-0.05, 0) is 97.8 Å². The lowest BCUT2D eigenvalue weighted by atomic mass is 9.55. The number of hydrogen-bond acceptors (Lipinski definition) is 9. The number of carbonyl (C=O) groups excluding carboxylic acids is 1. The summed E-state index contributed by atoms with van der Waals surface area (Å²) in [6.45, 7) is 6.46. The van der Waals surface area contributed by atoms with Gasteiger partial charge in [0.1, 0.15) is 5.75 Å². The fourth-order valence-electron chi connectivity index (χ4n) is 7.47. The number of hydrogen-bond donors (Lipinski definition) is 6. The maximum Gasteiger partial charge on any atom is 0.466 e. The molecule has 4 rings (SSSR count). The van der Waals surface area contributed by atoms with E-state index in [9.17, 15) is 26.7 Å². The van der Waals surface area contributed by atoms with Crippen LogP contribution in [-0.4, -0.2) is 98.5 Å². The number of aliphatic hydroxyl groups excluding tert-OH is 1. The van der Waals surface area contributed by atoms with Crippen molar-refractivity contribution in [1.29, 1.82) is 0 Å². The number of benzene rings is 1. The average Bonchev–Trinajstić information content (AvgIpc) is 3.32. The van der Waals surface area contributed by atoms with Crippen LogP contribution < -0.4 is 4.74 Å². The molecule has 2 fully saturated rings. The number of alkyl halides is 2. The number of fused-ring (bicyclic) bond motifs is 5. The van der Waals surface area contributed by atoms with E-state index < -0.39 is 45.0 Å². The van der Waals surface area contributed by atoms with E-state index in [1.807, 2.05) is 12.1 Å². The summed E-state index contributed by atoms with van der Waals surface area (Å²) in [6.07, 6.45) is 6.65. The molecule has 1 aromatic rings. The van der Waals surface area contributed by atoms with E-state index in [1.165, 1.54) is 11.1 Å².